The van der Waals surface area contributed by atoms with Gasteiger partial charge in [-0.1, -0.05) is 12.1 Å². The fourth-order valence-electron chi connectivity index (χ4n) is 3.62. The van der Waals surface area contributed by atoms with Crippen LogP contribution in [0.4, 0.5) is 0 Å². The Labute approximate surface area is 213 Å². The summed E-state index contributed by atoms with van der Waals surface area (Å²) in [5.74, 6) is 0.700. The quantitative estimate of drug-likeness (QED) is 0.329. The van der Waals surface area contributed by atoms with E-state index in [1.54, 1.807) is 18.2 Å². The molecule has 0 radical (unpaired) electrons. The molecule has 0 spiro atoms. The van der Waals surface area contributed by atoms with Crippen LogP contribution in [0.15, 0.2) is 51.4 Å². The molecule has 2 aliphatic heterocycles. The van der Waals surface area contributed by atoms with Crippen molar-refractivity contribution < 1.29 is 27.4 Å². The van der Waals surface area contributed by atoms with Gasteiger partial charge in [0.05, 0.1) is 24.6 Å². The second kappa shape index (κ2) is 10.2. The number of carbonyl (C=O) groups is 1. The normalized spacial score (nSPS) is 16.6. The van der Waals surface area contributed by atoms with Crippen molar-refractivity contribution >= 4 is 49.9 Å². The van der Waals surface area contributed by atoms with Crippen LogP contribution in [0.2, 0.25) is 0 Å². The maximum atomic E-state index is 12.6. The summed E-state index contributed by atoms with van der Waals surface area (Å²) in [5.41, 5.74) is 2.71. The van der Waals surface area contributed by atoms with Crippen LogP contribution in [-0.2, 0) is 14.6 Å². The number of benzene rings is 2. The Bertz CT molecular complexity index is 1430. The van der Waals surface area contributed by atoms with E-state index in [2.05, 4.69) is 15.5 Å². The molecule has 0 bridgehead atoms. The molecule has 0 aromatic heterocycles. The first kappa shape index (κ1) is 25.5. The molecular formula is C24H24N4O6S2. The molecular weight excluding hydrogens is 504 g/mol. The van der Waals surface area contributed by atoms with E-state index in [-0.39, 0.29) is 28.4 Å². The lowest BCUT2D eigenvalue weighted by atomic mass is 10.1. The molecule has 0 unspecified atom stereocenters. The van der Waals surface area contributed by atoms with Gasteiger partial charge in [0, 0.05) is 6.26 Å². The number of nitrogens with one attached hydrogen (secondary N) is 1. The number of sulfone groups is 1. The average Bonchev–Trinajstić information content (AvgIpc) is 3.24. The number of aryl methyl sites for hydroxylation is 2. The predicted molar refractivity (Wildman–Crippen MR) is 140 cm³/mol. The minimum absolute atomic E-state index is 0.0342. The van der Waals surface area contributed by atoms with Crippen molar-refractivity contribution in [3.63, 3.8) is 0 Å². The summed E-state index contributed by atoms with van der Waals surface area (Å²) < 4.78 is 44.9. The van der Waals surface area contributed by atoms with Gasteiger partial charge in [-0.2, -0.15) is 9.39 Å². The molecule has 2 aromatic rings. The van der Waals surface area contributed by atoms with Crippen LogP contribution in [-0.4, -0.2) is 62.0 Å². The molecule has 0 atom stereocenters. The Morgan fingerprint density at radius 1 is 1.06 bits per heavy atom. The summed E-state index contributed by atoms with van der Waals surface area (Å²) in [7, 11) is -2.23. The lowest BCUT2D eigenvalue weighted by Crippen LogP contribution is -2.45. The standard InChI is InChI=1S/C24H24N4O6S2/c1-14-9-15(2)11-17(10-14)33-7-8-34-19-6-5-16(13-20(19)32-3)12-18-21(25)28-23(26-22(18)29)35-27-24(28)36(4,30)31/h5-6,9-13,25H,7-8H2,1-4H3/b18-12-,25-21?. The lowest BCUT2D eigenvalue weighted by molar-refractivity contribution is -0.114. The van der Waals surface area contributed by atoms with E-state index in [1.165, 1.54) is 13.2 Å². The monoisotopic (exact) mass is 528 g/mol. The number of hydrogen-bond acceptors (Lipinski definition) is 9. The molecule has 0 saturated heterocycles. The highest BCUT2D eigenvalue weighted by atomic mass is 32.2. The summed E-state index contributed by atoms with van der Waals surface area (Å²) in [6.45, 7) is 4.63. The number of ether oxygens (including phenoxy) is 3. The van der Waals surface area contributed by atoms with Gasteiger partial charge in [0.25, 0.3) is 5.91 Å². The molecule has 2 aliphatic rings. The number of amides is 1. The second-order valence-corrected chi connectivity index (χ2v) is 10.7. The molecule has 36 heavy (non-hydrogen) atoms. The zero-order valence-corrected chi connectivity index (χ0v) is 21.7. The Kier molecular flexibility index (Phi) is 7.18. The van der Waals surface area contributed by atoms with Crippen LogP contribution < -0.4 is 14.2 Å². The van der Waals surface area contributed by atoms with Gasteiger partial charge in [-0.15, -0.1) is 0 Å². The molecule has 0 aliphatic carbocycles. The third-order valence-corrected chi connectivity index (χ3v) is 6.88. The van der Waals surface area contributed by atoms with Crippen molar-refractivity contribution in [2.24, 2.45) is 9.39 Å². The van der Waals surface area contributed by atoms with Crippen molar-refractivity contribution in [1.82, 2.24) is 4.90 Å². The van der Waals surface area contributed by atoms with Crippen LogP contribution in [0.1, 0.15) is 16.7 Å². The van der Waals surface area contributed by atoms with E-state index in [1.807, 2.05) is 26.0 Å². The zero-order chi connectivity index (χ0) is 26.0. The molecule has 1 amide bonds. The van der Waals surface area contributed by atoms with Gasteiger partial charge < -0.3 is 14.2 Å². The fourth-order valence-corrected chi connectivity index (χ4v) is 5.47. The summed E-state index contributed by atoms with van der Waals surface area (Å²) >= 11 is 0.743. The number of carbonyl (C=O) groups excluding carboxylic acids is 1. The van der Waals surface area contributed by atoms with Crippen LogP contribution in [0.3, 0.4) is 0 Å². The highest BCUT2D eigenvalue weighted by Gasteiger charge is 2.41. The van der Waals surface area contributed by atoms with Crippen molar-refractivity contribution in [3.05, 3.63) is 58.7 Å². The first-order chi connectivity index (χ1) is 17.1. The fraction of sp³-hybridized carbons (Fsp3) is 0.250. The van der Waals surface area contributed by atoms with Gasteiger partial charge in [0.1, 0.15) is 24.8 Å². The maximum absolute atomic E-state index is 12.6. The highest BCUT2D eigenvalue weighted by molar-refractivity contribution is 8.16. The van der Waals surface area contributed by atoms with Crippen molar-refractivity contribution in [2.45, 2.75) is 13.8 Å². The highest BCUT2D eigenvalue weighted by Crippen LogP contribution is 2.32. The number of amidine groups is 3. The Morgan fingerprint density at radius 3 is 2.42 bits per heavy atom. The molecule has 188 valence electrons. The van der Waals surface area contributed by atoms with Crippen molar-refractivity contribution in [3.8, 4) is 17.2 Å². The smallest absolute Gasteiger partial charge is 0.283 e. The van der Waals surface area contributed by atoms with Gasteiger partial charge in [-0.3, -0.25) is 10.2 Å². The van der Waals surface area contributed by atoms with Gasteiger partial charge in [0.2, 0.25) is 20.2 Å². The number of aliphatic imine (C=N–C) groups is 1. The van der Waals surface area contributed by atoms with Crippen LogP contribution in [0, 0.1) is 19.3 Å². The van der Waals surface area contributed by atoms with Crippen LogP contribution in [0.5, 0.6) is 17.2 Å². The zero-order valence-electron chi connectivity index (χ0n) is 20.1. The lowest BCUT2D eigenvalue weighted by Gasteiger charge is -2.23. The SMILES string of the molecule is COc1cc(/C=C2/C(=N)N3C(=NC2=O)SN=C3S(C)(=O)=O)ccc1OCCOc1cc(C)cc(C)c1. The van der Waals surface area contributed by atoms with Gasteiger partial charge in [-0.25, -0.2) is 13.3 Å². The maximum Gasteiger partial charge on any atom is 0.283 e. The average molecular weight is 529 g/mol. The molecule has 0 saturated carbocycles. The molecule has 4 rings (SSSR count). The summed E-state index contributed by atoms with van der Waals surface area (Å²) in [6.07, 6.45) is 2.43. The molecule has 12 heteroatoms. The topological polar surface area (TPSA) is 131 Å². The van der Waals surface area contributed by atoms with Crippen LogP contribution >= 0.6 is 11.9 Å². The van der Waals surface area contributed by atoms with Crippen molar-refractivity contribution in [1.29, 1.82) is 5.41 Å². The minimum atomic E-state index is -3.72. The van der Waals surface area contributed by atoms with Crippen LogP contribution in [0.25, 0.3) is 6.08 Å². The Balaban J connectivity index is 1.48. The molecule has 2 aromatic carbocycles. The Hall–Kier alpha value is -3.64. The number of methoxy groups -OCH3 is 1. The minimum Gasteiger partial charge on any atom is -0.493 e. The molecule has 2 heterocycles. The van der Waals surface area contributed by atoms with E-state index in [4.69, 9.17) is 19.6 Å². The van der Waals surface area contributed by atoms with Gasteiger partial charge in [0.15, 0.2) is 11.5 Å². The summed E-state index contributed by atoms with van der Waals surface area (Å²) in [6, 6.07) is 11.0. The second-order valence-electron chi connectivity index (χ2n) is 8.11. The summed E-state index contributed by atoms with van der Waals surface area (Å²) in [4.78, 5) is 17.5. The third-order valence-electron chi connectivity index (χ3n) is 5.13. The predicted octanol–water partition coefficient (Wildman–Crippen LogP) is 3.39. The Morgan fingerprint density at radius 2 is 1.75 bits per heavy atom. The van der Waals surface area contributed by atoms with Gasteiger partial charge in [-0.05, 0) is 60.9 Å². The van der Waals surface area contributed by atoms with E-state index < -0.39 is 15.7 Å². The molecule has 1 N–H and O–H groups in total. The van der Waals surface area contributed by atoms with E-state index >= 15 is 0 Å². The largest absolute Gasteiger partial charge is 0.493 e. The number of fused-ring (bicyclic) bond motifs is 1. The van der Waals surface area contributed by atoms with Crippen molar-refractivity contribution in [2.75, 3.05) is 26.6 Å². The summed E-state index contributed by atoms with van der Waals surface area (Å²) in [5, 5.41) is 8.14. The molecule has 0 fully saturated rings. The van der Waals surface area contributed by atoms with E-state index in [0.717, 1.165) is 40.0 Å². The number of nitrogens with zero attached hydrogens (tertiary/aromatic N) is 3. The first-order valence-electron chi connectivity index (χ1n) is 10.8. The van der Waals surface area contributed by atoms with Gasteiger partial charge >= 0.3 is 0 Å². The van der Waals surface area contributed by atoms with E-state index in [9.17, 15) is 13.2 Å². The number of hydrogen-bond donors (Lipinski definition) is 1. The number of rotatable bonds is 7. The molecule has 10 nitrogen and oxygen atoms in total. The first-order valence-corrected chi connectivity index (χ1v) is 13.4. The van der Waals surface area contributed by atoms with E-state index in [0.29, 0.717) is 23.7 Å². The third kappa shape index (κ3) is 5.44.